The van der Waals surface area contributed by atoms with Crippen LogP contribution in [0, 0.1) is 23.5 Å². The van der Waals surface area contributed by atoms with Gasteiger partial charge in [-0.3, -0.25) is 33.7 Å². The molecule has 2 N–H and O–H groups in total. The van der Waals surface area contributed by atoms with E-state index in [0.29, 0.717) is 93.5 Å². The van der Waals surface area contributed by atoms with Gasteiger partial charge in [-0.2, -0.15) is 5.10 Å². The molecule has 2 unspecified atom stereocenters. The number of carbonyl (C=O) groups excluding carboxylic acids is 5. The van der Waals surface area contributed by atoms with Crippen LogP contribution in [0.1, 0.15) is 121 Å². The van der Waals surface area contributed by atoms with Crippen molar-refractivity contribution in [1.29, 1.82) is 0 Å². The smallest absolute Gasteiger partial charge is 0.272 e. The number of amides is 5. The van der Waals surface area contributed by atoms with Crippen LogP contribution in [0.2, 0.25) is 0 Å². The minimum absolute atomic E-state index is 0.00411. The van der Waals surface area contributed by atoms with Crippen molar-refractivity contribution in [1.82, 2.24) is 40.0 Å². The number of ether oxygens (including phenoxy) is 1. The van der Waals surface area contributed by atoms with Crippen LogP contribution in [0.5, 0.6) is 0 Å². The molecule has 0 bridgehead atoms. The van der Waals surface area contributed by atoms with Gasteiger partial charge in [-0.1, -0.05) is 55.7 Å². The predicted molar refractivity (Wildman–Crippen MR) is 270 cm³/mol. The molecule has 5 heterocycles. The Bertz CT molecular complexity index is 2840. The number of nitrogens with zero attached hydrogens (tertiary/aromatic N) is 6. The molecule has 0 spiro atoms. The molecule has 6 aliphatic rings. The summed E-state index contributed by atoms with van der Waals surface area (Å²) in [4.78, 5) is 89.1. The largest absolute Gasteiger partial charge is 0.375 e. The first kappa shape index (κ1) is 52.2. The summed E-state index contributed by atoms with van der Waals surface area (Å²) in [5.74, 6) is -8.13. The highest BCUT2D eigenvalue weighted by molar-refractivity contribution is 5.98. The number of piperazine rings is 1. The number of likely N-dealkylation sites (tertiary alicyclic amines) is 3. The van der Waals surface area contributed by atoms with E-state index in [2.05, 4.69) is 20.4 Å². The number of hydrogen-bond acceptors (Lipinski definition) is 9. The molecule has 6 fully saturated rings. The van der Waals surface area contributed by atoms with Crippen LogP contribution in [0.15, 0.2) is 65.5 Å². The van der Waals surface area contributed by atoms with Crippen molar-refractivity contribution in [2.45, 2.75) is 114 Å². The van der Waals surface area contributed by atoms with E-state index in [4.69, 9.17) is 4.74 Å². The topological polar surface area (TPSA) is 169 Å². The molecule has 5 amide bonds. The Morgan fingerprint density at radius 1 is 0.720 bits per heavy atom. The lowest BCUT2D eigenvalue weighted by Gasteiger charge is -2.40. The fourth-order valence-electron chi connectivity index (χ4n) is 12.1. The van der Waals surface area contributed by atoms with Crippen molar-refractivity contribution in [3.63, 3.8) is 0 Å². The molecule has 15 nitrogen and oxygen atoms in total. The third-order valence-electron chi connectivity index (χ3n) is 16.6. The zero-order chi connectivity index (χ0) is 52.4. The molecule has 2 saturated carbocycles. The molecule has 400 valence electrons. The molecule has 1 aromatic heterocycles. The van der Waals surface area contributed by atoms with Crippen LogP contribution >= 0.6 is 0 Å². The number of fused-ring (bicyclic) bond motifs is 1. The number of H-pyrrole nitrogens is 1. The average Bonchev–Trinajstić information content (AvgIpc) is 4.09. The monoisotopic (exact) mass is 1040 g/mol. The number of benzene rings is 3. The molecule has 10 rings (SSSR count). The van der Waals surface area contributed by atoms with Crippen molar-refractivity contribution in [2.75, 3.05) is 72.0 Å². The number of aromatic nitrogens is 2. The first-order valence-electron chi connectivity index (χ1n) is 26.9. The summed E-state index contributed by atoms with van der Waals surface area (Å²) in [5, 5.41) is 10.9. The SMILES string of the molecule is O=C(NC(C(=O)N1CCC(OC2CCN(CC(=O)N3CCN(C(=O)c4cc(Cc5n[nH]c(=O)c6ccccc56)ccc4F)CC3)CC2)CC1)C1CCCCC1)c1cccc(C2CCCN(C(=O)[C@@H]3CC3(F)F)C2)c1F. The third kappa shape index (κ3) is 11.8. The van der Waals surface area contributed by atoms with E-state index < -0.39 is 59.6 Å². The van der Waals surface area contributed by atoms with Gasteiger partial charge in [0.25, 0.3) is 23.3 Å². The lowest BCUT2D eigenvalue weighted by atomic mass is 9.83. The Balaban J connectivity index is 0.665. The summed E-state index contributed by atoms with van der Waals surface area (Å²) in [6, 6.07) is 15.3. The maximum atomic E-state index is 16.3. The van der Waals surface area contributed by atoms with Crippen LogP contribution < -0.4 is 10.9 Å². The molecule has 4 aromatic rings. The number of piperidine rings is 3. The number of halogens is 4. The molecule has 4 aliphatic heterocycles. The third-order valence-corrected chi connectivity index (χ3v) is 16.6. The molecule has 3 aromatic carbocycles. The Kier molecular flexibility index (Phi) is 15.7. The number of rotatable bonds is 13. The molecule has 19 heteroatoms. The second-order valence-electron chi connectivity index (χ2n) is 21.5. The van der Waals surface area contributed by atoms with E-state index in [-0.39, 0.29) is 84.8 Å². The molecule has 3 atom stereocenters. The first-order valence-corrected chi connectivity index (χ1v) is 26.9. The van der Waals surface area contributed by atoms with Crippen LogP contribution in [-0.4, -0.2) is 160 Å². The second kappa shape index (κ2) is 22.6. The van der Waals surface area contributed by atoms with Gasteiger partial charge < -0.3 is 29.7 Å². The van der Waals surface area contributed by atoms with Gasteiger partial charge in [0, 0.05) is 89.6 Å². The van der Waals surface area contributed by atoms with Gasteiger partial charge in [-0.15, -0.1) is 0 Å². The molecule has 4 saturated heterocycles. The predicted octanol–water partition coefficient (Wildman–Crippen LogP) is 6.29. The fraction of sp³-hybridized carbons (Fsp3) is 0.554. The maximum absolute atomic E-state index is 16.3. The highest BCUT2D eigenvalue weighted by Crippen LogP contribution is 2.50. The highest BCUT2D eigenvalue weighted by Gasteiger charge is 2.62. The van der Waals surface area contributed by atoms with E-state index in [1.807, 2.05) is 12.1 Å². The number of hydrogen-bond donors (Lipinski definition) is 2. The Hall–Kier alpha value is -6.21. The highest BCUT2D eigenvalue weighted by atomic mass is 19.3. The maximum Gasteiger partial charge on any atom is 0.272 e. The van der Waals surface area contributed by atoms with Gasteiger partial charge >= 0.3 is 0 Å². The minimum atomic E-state index is -2.99. The minimum Gasteiger partial charge on any atom is -0.375 e. The van der Waals surface area contributed by atoms with Crippen LogP contribution in [0.4, 0.5) is 17.6 Å². The summed E-state index contributed by atoms with van der Waals surface area (Å²) in [6.45, 7) is 4.17. The molecule has 75 heavy (non-hydrogen) atoms. The van der Waals surface area contributed by atoms with Gasteiger partial charge in [0.1, 0.15) is 23.6 Å². The number of aromatic amines is 1. The van der Waals surface area contributed by atoms with E-state index >= 15 is 8.78 Å². The Morgan fingerprint density at radius 3 is 2.11 bits per heavy atom. The number of alkyl halides is 2. The normalized spacial score (nSPS) is 22.5. The van der Waals surface area contributed by atoms with E-state index in [0.717, 1.165) is 44.9 Å². The van der Waals surface area contributed by atoms with Crippen LogP contribution in [-0.2, 0) is 25.5 Å². The van der Waals surface area contributed by atoms with Crippen molar-refractivity contribution in [3.8, 4) is 0 Å². The van der Waals surface area contributed by atoms with E-state index in [1.165, 1.54) is 23.1 Å². The average molecular weight is 1040 g/mol. The van der Waals surface area contributed by atoms with Crippen LogP contribution in [0.3, 0.4) is 0 Å². The summed E-state index contributed by atoms with van der Waals surface area (Å²) in [5.41, 5.74) is 1.01. The molecule has 2 aliphatic carbocycles. The standard InChI is InChI=1S/C56H66F4N8O7/c57-46-16-15-35(31-47-41-11-4-5-12-42(41)52(71)63-62-47)30-44(46)53(72)67-28-26-65(27-29-67)48(69)34-64-22-17-38(18-23-64)75-39-19-24-66(25-20-39)55(74)50(36-8-2-1-3-9-36)61-51(70)43-14-6-13-40(49(43)58)37-10-7-21-68(33-37)54(73)45-32-56(45,59)60/h4-6,11-16,30,36-39,45,50H,1-3,7-10,17-29,31-34H2,(H,61,70)(H,63,71)/t37?,45-,50?/m0/s1. The molecular formula is C56H66F4N8O7. The number of carbonyl (C=O) groups is 5. The summed E-state index contributed by atoms with van der Waals surface area (Å²) < 4.78 is 65.4. The fourth-order valence-corrected chi connectivity index (χ4v) is 12.1. The first-order chi connectivity index (χ1) is 36.2. The zero-order valence-corrected chi connectivity index (χ0v) is 42.3. The summed E-state index contributed by atoms with van der Waals surface area (Å²) >= 11 is 0. The van der Waals surface area contributed by atoms with E-state index in [1.54, 1.807) is 45.0 Å². The van der Waals surface area contributed by atoms with Crippen LogP contribution in [0.25, 0.3) is 10.8 Å². The lowest BCUT2D eigenvalue weighted by molar-refractivity contribution is -0.140. The van der Waals surface area contributed by atoms with Gasteiger partial charge in [-0.25, -0.2) is 22.7 Å². The Morgan fingerprint density at radius 2 is 1.40 bits per heavy atom. The Labute approximate surface area is 433 Å². The van der Waals surface area contributed by atoms with E-state index in [9.17, 15) is 37.5 Å². The van der Waals surface area contributed by atoms with Gasteiger partial charge in [0.05, 0.1) is 41.0 Å². The lowest BCUT2D eigenvalue weighted by Crippen LogP contribution is -2.55. The summed E-state index contributed by atoms with van der Waals surface area (Å²) in [6.07, 6.45) is 8.05. The van der Waals surface area contributed by atoms with Gasteiger partial charge in [0.15, 0.2) is 0 Å². The van der Waals surface area contributed by atoms with Crippen molar-refractivity contribution in [3.05, 3.63) is 111 Å². The summed E-state index contributed by atoms with van der Waals surface area (Å²) in [7, 11) is 0. The number of nitrogens with one attached hydrogen (secondary N) is 2. The quantitative estimate of drug-likeness (QED) is 0.146. The van der Waals surface area contributed by atoms with Crippen molar-refractivity contribution >= 4 is 40.3 Å². The van der Waals surface area contributed by atoms with Crippen molar-refractivity contribution < 1.29 is 46.3 Å². The van der Waals surface area contributed by atoms with Crippen molar-refractivity contribution in [2.24, 2.45) is 11.8 Å². The molecular weight excluding hydrogens is 973 g/mol. The van der Waals surface area contributed by atoms with Gasteiger partial charge in [-0.05, 0) is 92.7 Å². The zero-order valence-electron chi connectivity index (χ0n) is 42.3. The second-order valence-corrected chi connectivity index (χ2v) is 21.5. The van der Waals surface area contributed by atoms with Gasteiger partial charge in [0.2, 0.25) is 17.7 Å². The molecule has 0 radical (unpaired) electrons.